The topological polar surface area (TPSA) is 42.2 Å². The Morgan fingerprint density at radius 1 is 1.37 bits per heavy atom. The summed E-state index contributed by atoms with van der Waals surface area (Å²) in [5, 5.41) is 1.21. The maximum Gasteiger partial charge on any atom is 0.132 e. The number of aromatic nitrogens is 1. The van der Waals surface area contributed by atoms with E-state index in [9.17, 15) is 0 Å². The number of para-hydroxylation sites is 1. The molecule has 2 aromatic rings. The number of nitrogens with zero attached hydrogens (tertiary/aromatic N) is 2. The molecule has 1 aromatic carbocycles. The number of fused-ring (bicyclic) bond motifs is 1. The largest absolute Gasteiger partial charge is 0.353 e. The first kappa shape index (κ1) is 12.4. The lowest BCUT2D eigenvalue weighted by Gasteiger charge is -2.24. The van der Waals surface area contributed by atoms with Crippen LogP contribution in [0.3, 0.4) is 0 Å². The summed E-state index contributed by atoms with van der Waals surface area (Å²) in [5.41, 5.74) is 8.15. The Kier molecular flexibility index (Phi) is 3.15. The van der Waals surface area contributed by atoms with Crippen molar-refractivity contribution in [3.63, 3.8) is 0 Å². The highest BCUT2D eigenvalue weighted by molar-refractivity contribution is 5.81. The molecule has 1 aliphatic heterocycles. The summed E-state index contributed by atoms with van der Waals surface area (Å²) in [6, 6.07) is 11.1. The van der Waals surface area contributed by atoms with E-state index < -0.39 is 0 Å². The summed E-state index contributed by atoms with van der Waals surface area (Å²) >= 11 is 0. The molecule has 2 atom stereocenters. The molecule has 3 heteroatoms. The van der Waals surface area contributed by atoms with Gasteiger partial charge in [0.15, 0.2) is 0 Å². The molecule has 1 saturated heterocycles. The van der Waals surface area contributed by atoms with Gasteiger partial charge in [0.2, 0.25) is 0 Å². The molecular weight excluding hydrogens is 234 g/mol. The first-order valence-corrected chi connectivity index (χ1v) is 7.02. The first-order chi connectivity index (χ1) is 9.19. The molecule has 100 valence electrons. The van der Waals surface area contributed by atoms with Gasteiger partial charge < -0.3 is 10.6 Å². The number of anilines is 1. The highest BCUT2D eigenvalue weighted by Crippen LogP contribution is 2.31. The van der Waals surface area contributed by atoms with Crippen molar-refractivity contribution in [1.29, 1.82) is 0 Å². The van der Waals surface area contributed by atoms with E-state index in [4.69, 9.17) is 10.7 Å². The Hall–Kier alpha value is -1.61. The van der Waals surface area contributed by atoms with Gasteiger partial charge in [-0.3, -0.25) is 0 Å². The zero-order valence-electron chi connectivity index (χ0n) is 11.6. The van der Waals surface area contributed by atoms with Gasteiger partial charge in [-0.25, -0.2) is 4.98 Å². The van der Waals surface area contributed by atoms with Crippen molar-refractivity contribution < 1.29 is 0 Å². The smallest absolute Gasteiger partial charge is 0.132 e. The summed E-state index contributed by atoms with van der Waals surface area (Å²) < 4.78 is 0. The number of benzene rings is 1. The molecule has 0 saturated carbocycles. The number of hydrogen-bond donors (Lipinski definition) is 1. The van der Waals surface area contributed by atoms with Crippen LogP contribution in [-0.2, 0) is 0 Å². The third-order valence-corrected chi connectivity index (χ3v) is 4.15. The van der Waals surface area contributed by atoms with Gasteiger partial charge in [-0.1, -0.05) is 18.2 Å². The van der Waals surface area contributed by atoms with E-state index in [0.717, 1.165) is 24.4 Å². The van der Waals surface area contributed by atoms with E-state index in [0.29, 0.717) is 12.0 Å². The molecule has 3 nitrogen and oxygen atoms in total. The lowest BCUT2D eigenvalue weighted by Crippen LogP contribution is -2.29. The lowest BCUT2D eigenvalue weighted by molar-refractivity contribution is 0.579. The lowest BCUT2D eigenvalue weighted by atomic mass is 10.1. The minimum absolute atomic E-state index is 0.529. The molecule has 3 rings (SSSR count). The van der Waals surface area contributed by atoms with Crippen LogP contribution in [0.2, 0.25) is 0 Å². The monoisotopic (exact) mass is 255 g/mol. The van der Waals surface area contributed by atoms with E-state index in [1.807, 2.05) is 6.07 Å². The summed E-state index contributed by atoms with van der Waals surface area (Å²) in [7, 11) is 0. The minimum Gasteiger partial charge on any atom is -0.353 e. The van der Waals surface area contributed by atoms with Crippen LogP contribution in [-0.4, -0.2) is 24.1 Å². The van der Waals surface area contributed by atoms with Crippen LogP contribution >= 0.6 is 0 Å². The Morgan fingerprint density at radius 3 is 2.89 bits per heavy atom. The Morgan fingerprint density at radius 2 is 2.16 bits per heavy atom. The van der Waals surface area contributed by atoms with Gasteiger partial charge in [-0.15, -0.1) is 0 Å². The van der Waals surface area contributed by atoms with Crippen molar-refractivity contribution >= 4 is 16.7 Å². The number of pyridine rings is 1. The quantitative estimate of drug-likeness (QED) is 0.897. The summed E-state index contributed by atoms with van der Waals surface area (Å²) in [6.45, 7) is 6.22. The predicted molar refractivity (Wildman–Crippen MR) is 80.4 cm³/mol. The standard InChI is InChI=1S/C16H21N3/c1-11-7-14-5-3-4-6-15(14)18-16(11)19-10-13(9-17)8-12(19)2/h3-7,12-13H,8-10,17H2,1-2H3. The predicted octanol–water partition coefficient (Wildman–Crippen LogP) is 2.72. The van der Waals surface area contributed by atoms with Crippen LogP contribution in [0.4, 0.5) is 5.82 Å². The molecule has 2 heterocycles. The van der Waals surface area contributed by atoms with Crippen LogP contribution < -0.4 is 10.6 Å². The molecule has 2 unspecified atom stereocenters. The SMILES string of the molecule is Cc1cc2ccccc2nc1N1CC(CN)CC1C. The number of hydrogen-bond acceptors (Lipinski definition) is 3. The molecule has 0 spiro atoms. The fourth-order valence-electron chi connectivity index (χ4n) is 3.11. The third kappa shape index (κ3) is 2.19. The van der Waals surface area contributed by atoms with Crippen molar-refractivity contribution in [1.82, 2.24) is 4.98 Å². The van der Waals surface area contributed by atoms with Crippen LogP contribution in [0.1, 0.15) is 18.9 Å². The Labute approximate surface area is 114 Å². The second-order valence-corrected chi connectivity index (χ2v) is 5.66. The van der Waals surface area contributed by atoms with Gasteiger partial charge in [-0.2, -0.15) is 0 Å². The van der Waals surface area contributed by atoms with Crippen molar-refractivity contribution in [2.24, 2.45) is 11.7 Å². The zero-order valence-corrected chi connectivity index (χ0v) is 11.6. The first-order valence-electron chi connectivity index (χ1n) is 7.02. The van der Waals surface area contributed by atoms with Crippen molar-refractivity contribution in [3.05, 3.63) is 35.9 Å². The molecule has 1 aliphatic rings. The fraction of sp³-hybridized carbons (Fsp3) is 0.438. The third-order valence-electron chi connectivity index (χ3n) is 4.15. The molecule has 2 N–H and O–H groups in total. The number of nitrogens with two attached hydrogens (primary N) is 1. The number of rotatable bonds is 2. The van der Waals surface area contributed by atoms with Crippen LogP contribution in [0.15, 0.2) is 30.3 Å². The molecule has 0 radical (unpaired) electrons. The zero-order chi connectivity index (χ0) is 13.4. The van der Waals surface area contributed by atoms with Gasteiger partial charge in [0, 0.05) is 18.0 Å². The van der Waals surface area contributed by atoms with Crippen LogP contribution in [0.25, 0.3) is 10.9 Å². The molecule has 1 fully saturated rings. The van der Waals surface area contributed by atoms with Crippen molar-refractivity contribution in [3.8, 4) is 0 Å². The Bertz CT molecular complexity index is 594. The molecule has 1 aromatic heterocycles. The number of aryl methyl sites for hydroxylation is 1. The average molecular weight is 255 g/mol. The maximum absolute atomic E-state index is 5.82. The average Bonchev–Trinajstić information content (AvgIpc) is 2.79. The molecule has 0 aliphatic carbocycles. The molecular formula is C16H21N3. The van der Waals surface area contributed by atoms with E-state index in [-0.39, 0.29) is 0 Å². The highest BCUT2D eigenvalue weighted by Gasteiger charge is 2.29. The van der Waals surface area contributed by atoms with Crippen LogP contribution in [0, 0.1) is 12.8 Å². The minimum atomic E-state index is 0.529. The summed E-state index contributed by atoms with van der Waals surface area (Å²) in [4.78, 5) is 7.28. The van der Waals surface area contributed by atoms with Gasteiger partial charge in [0.05, 0.1) is 5.52 Å². The maximum atomic E-state index is 5.82. The Balaban J connectivity index is 2.02. The van der Waals surface area contributed by atoms with Gasteiger partial charge >= 0.3 is 0 Å². The van der Waals surface area contributed by atoms with Crippen molar-refractivity contribution in [2.75, 3.05) is 18.0 Å². The van der Waals surface area contributed by atoms with Gasteiger partial charge in [0.1, 0.15) is 5.82 Å². The second kappa shape index (κ2) is 4.82. The second-order valence-electron chi connectivity index (χ2n) is 5.66. The van der Waals surface area contributed by atoms with Crippen LogP contribution in [0.5, 0.6) is 0 Å². The normalized spacial score (nSPS) is 23.2. The summed E-state index contributed by atoms with van der Waals surface area (Å²) in [6.07, 6.45) is 1.17. The van der Waals surface area contributed by atoms with E-state index in [1.165, 1.54) is 17.4 Å². The van der Waals surface area contributed by atoms with Crippen molar-refractivity contribution in [2.45, 2.75) is 26.3 Å². The van der Waals surface area contributed by atoms with E-state index in [2.05, 4.69) is 43.0 Å². The van der Waals surface area contributed by atoms with Gasteiger partial charge in [0.25, 0.3) is 0 Å². The molecule has 0 amide bonds. The van der Waals surface area contributed by atoms with Gasteiger partial charge in [-0.05, 0) is 50.4 Å². The fourth-order valence-corrected chi connectivity index (χ4v) is 3.11. The highest BCUT2D eigenvalue weighted by atomic mass is 15.2. The molecule has 0 bridgehead atoms. The van der Waals surface area contributed by atoms with E-state index in [1.54, 1.807) is 0 Å². The molecule has 19 heavy (non-hydrogen) atoms. The van der Waals surface area contributed by atoms with E-state index >= 15 is 0 Å². The summed E-state index contributed by atoms with van der Waals surface area (Å²) in [5.74, 6) is 1.73.